The molecule has 1 saturated heterocycles. The Labute approximate surface area is 144 Å². The van der Waals surface area contributed by atoms with Gasteiger partial charge in [0.2, 0.25) is 0 Å². The monoisotopic (exact) mass is 343 g/mol. The van der Waals surface area contributed by atoms with Crippen LogP contribution in [-0.2, 0) is 4.74 Å². The van der Waals surface area contributed by atoms with Crippen LogP contribution in [0.15, 0.2) is 42.9 Å². The van der Waals surface area contributed by atoms with Gasteiger partial charge in [0.25, 0.3) is 11.8 Å². The zero-order valence-electron chi connectivity index (χ0n) is 13.5. The number of hydrogen-bond donors (Lipinski definition) is 0. The summed E-state index contributed by atoms with van der Waals surface area (Å²) in [6.07, 6.45) is 5.52. The average molecular weight is 343 g/mol. The summed E-state index contributed by atoms with van der Waals surface area (Å²) in [5, 5.41) is 0. The third kappa shape index (κ3) is 3.07. The molecule has 0 radical (unpaired) electrons. The summed E-state index contributed by atoms with van der Waals surface area (Å²) in [4.78, 5) is 22.6. The van der Waals surface area contributed by atoms with Crippen LogP contribution in [0.1, 0.15) is 23.2 Å². The first-order valence-corrected chi connectivity index (χ1v) is 8.34. The fourth-order valence-electron chi connectivity index (χ4n) is 3.55. The Kier molecular flexibility index (Phi) is 4.31. The number of carbonyl (C=O) groups excluding carboxylic acids is 1. The van der Waals surface area contributed by atoms with Gasteiger partial charge in [-0.1, -0.05) is 0 Å². The van der Waals surface area contributed by atoms with Crippen molar-refractivity contribution >= 4 is 5.91 Å². The number of ether oxygens (including phenoxy) is 2. The maximum Gasteiger partial charge on any atom is 0.255 e. The van der Waals surface area contributed by atoms with Crippen molar-refractivity contribution in [2.24, 2.45) is 0 Å². The molecule has 0 unspecified atom stereocenters. The van der Waals surface area contributed by atoms with Crippen LogP contribution >= 0.6 is 0 Å². The number of nitrogens with zero attached hydrogens (tertiary/aromatic N) is 3. The topological polar surface area (TPSA) is 64.6 Å². The van der Waals surface area contributed by atoms with E-state index in [1.807, 2.05) is 4.90 Å². The Morgan fingerprint density at radius 2 is 2.16 bits per heavy atom. The molecule has 3 atom stereocenters. The largest absolute Gasteiger partial charge is 0.469 e. The van der Waals surface area contributed by atoms with Gasteiger partial charge < -0.3 is 14.4 Å². The van der Waals surface area contributed by atoms with Gasteiger partial charge in [0, 0.05) is 25.1 Å². The molecule has 4 rings (SSSR count). The highest BCUT2D eigenvalue weighted by Gasteiger charge is 2.46. The predicted molar refractivity (Wildman–Crippen MR) is 86.6 cm³/mol. The van der Waals surface area contributed by atoms with Gasteiger partial charge in [-0.25, -0.2) is 9.37 Å². The summed E-state index contributed by atoms with van der Waals surface area (Å²) < 4.78 is 25.4. The van der Waals surface area contributed by atoms with E-state index in [9.17, 15) is 9.18 Å². The lowest BCUT2D eigenvalue weighted by Crippen LogP contribution is -2.54. The Hall–Kier alpha value is -2.54. The minimum Gasteiger partial charge on any atom is -0.469 e. The van der Waals surface area contributed by atoms with Gasteiger partial charge in [-0.3, -0.25) is 9.78 Å². The molecular formula is C18H18FN3O3. The molecule has 1 aliphatic heterocycles. The number of morpholine rings is 1. The molecule has 2 fully saturated rings. The summed E-state index contributed by atoms with van der Waals surface area (Å²) >= 11 is 0. The van der Waals surface area contributed by atoms with Crippen LogP contribution in [0.4, 0.5) is 4.39 Å². The average Bonchev–Trinajstić information content (AvgIpc) is 3.07. The maximum atomic E-state index is 13.8. The quantitative estimate of drug-likeness (QED) is 0.854. The molecule has 2 aliphatic rings. The van der Waals surface area contributed by atoms with Crippen LogP contribution in [0.5, 0.6) is 5.88 Å². The molecule has 0 spiro atoms. The third-order valence-electron chi connectivity index (χ3n) is 4.69. The first kappa shape index (κ1) is 16.0. The second-order valence-corrected chi connectivity index (χ2v) is 6.17. The van der Waals surface area contributed by atoms with Gasteiger partial charge in [-0.2, -0.15) is 0 Å². The Morgan fingerprint density at radius 1 is 1.28 bits per heavy atom. The lowest BCUT2D eigenvalue weighted by molar-refractivity contribution is -0.0799. The van der Waals surface area contributed by atoms with E-state index in [1.165, 1.54) is 18.3 Å². The van der Waals surface area contributed by atoms with Crippen molar-refractivity contribution in [3.63, 3.8) is 0 Å². The standard InChI is InChI=1S/C18H18FN3O3/c19-13-4-2-8-21-17(13)25-15-6-5-14-16(15)24-10-9-22(14)18(23)12-3-1-7-20-11-12/h1-4,7-8,11,14-16H,5-6,9-10H2/t14-,15+,16+/m0/s1. The fourth-order valence-corrected chi connectivity index (χ4v) is 3.55. The molecule has 0 aromatic carbocycles. The van der Waals surface area contributed by atoms with Crippen LogP contribution in [0.25, 0.3) is 0 Å². The lowest BCUT2D eigenvalue weighted by Gasteiger charge is -2.38. The van der Waals surface area contributed by atoms with Crippen LogP contribution in [0, 0.1) is 5.82 Å². The van der Waals surface area contributed by atoms with E-state index >= 15 is 0 Å². The number of fused-ring (bicyclic) bond motifs is 1. The number of aromatic nitrogens is 2. The molecule has 25 heavy (non-hydrogen) atoms. The molecule has 6 nitrogen and oxygen atoms in total. The first-order valence-electron chi connectivity index (χ1n) is 8.34. The predicted octanol–water partition coefficient (Wildman–Crippen LogP) is 2.07. The molecular weight excluding hydrogens is 325 g/mol. The number of rotatable bonds is 3. The second kappa shape index (κ2) is 6.76. The third-order valence-corrected chi connectivity index (χ3v) is 4.69. The fraction of sp³-hybridized carbons (Fsp3) is 0.389. The second-order valence-electron chi connectivity index (χ2n) is 6.17. The van der Waals surface area contributed by atoms with Crippen molar-refractivity contribution in [1.29, 1.82) is 0 Å². The number of amides is 1. The minimum absolute atomic E-state index is 0.0209. The van der Waals surface area contributed by atoms with Gasteiger partial charge in [-0.05, 0) is 37.1 Å². The normalized spacial score (nSPS) is 25.5. The van der Waals surface area contributed by atoms with Crippen molar-refractivity contribution in [3.05, 3.63) is 54.2 Å². The zero-order valence-corrected chi connectivity index (χ0v) is 13.5. The number of carbonyl (C=O) groups is 1. The van der Waals surface area contributed by atoms with Crippen molar-refractivity contribution < 1.29 is 18.7 Å². The van der Waals surface area contributed by atoms with Gasteiger partial charge in [0.1, 0.15) is 12.2 Å². The van der Waals surface area contributed by atoms with Crippen molar-refractivity contribution in [2.45, 2.75) is 31.1 Å². The molecule has 7 heteroatoms. The summed E-state index contributed by atoms with van der Waals surface area (Å²) in [6.45, 7) is 0.956. The molecule has 0 N–H and O–H groups in total. The van der Waals surface area contributed by atoms with E-state index in [-0.39, 0.29) is 30.0 Å². The van der Waals surface area contributed by atoms with E-state index in [1.54, 1.807) is 24.5 Å². The minimum atomic E-state index is -0.495. The first-order chi connectivity index (χ1) is 12.2. The highest BCUT2D eigenvalue weighted by atomic mass is 19.1. The summed E-state index contributed by atoms with van der Waals surface area (Å²) in [7, 11) is 0. The van der Waals surface area contributed by atoms with Crippen LogP contribution in [-0.4, -0.2) is 52.2 Å². The van der Waals surface area contributed by atoms with Crippen molar-refractivity contribution in [2.75, 3.05) is 13.2 Å². The molecule has 3 heterocycles. The van der Waals surface area contributed by atoms with Crippen LogP contribution in [0.3, 0.4) is 0 Å². The maximum absolute atomic E-state index is 13.8. The lowest BCUT2D eigenvalue weighted by atomic mass is 10.1. The molecule has 1 saturated carbocycles. The van der Waals surface area contributed by atoms with Crippen LogP contribution < -0.4 is 4.74 Å². The highest BCUT2D eigenvalue weighted by Crippen LogP contribution is 2.33. The van der Waals surface area contributed by atoms with Crippen molar-refractivity contribution in [3.8, 4) is 5.88 Å². The van der Waals surface area contributed by atoms with E-state index in [0.717, 1.165) is 6.42 Å². The number of hydrogen-bond acceptors (Lipinski definition) is 5. The smallest absolute Gasteiger partial charge is 0.255 e. The molecule has 130 valence electrons. The molecule has 0 bridgehead atoms. The molecule has 2 aromatic rings. The Balaban J connectivity index is 1.51. The van der Waals surface area contributed by atoms with Gasteiger partial charge in [0.15, 0.2) is 5.82 Å². The van der Waals surface area contributed by atoms with E-state index in [0.29, 0.717) is 25.1 Å². The zero-order chi connectivity index (χ0) is 17.2. The van der Waals surface area contributed by atoms with E-state index in [4.69, 9.17) is 9.47 Å². The number of halogens is 1. The van der Waals surface area contributed by atoms with E-state index < -0.39 is 5.82 Å². The Bertz CT molecular complexity index is 758. The summed E-state index contributed by atoms with van der Waals surface area (Å²) in [6, 6.07) is 6.25. The number of pyridine rings is 2. The van der Waals surface area contributed by atoms with Gasteiger partial charge in [0.05, 0.1) is 18.2 Å². The Morgan fingerprint density at radius 3 is 2.96 bits per heavy atom. The van der Waals surface area contributed by atoms with Gasteiger partial charge in [-0.15, -0.1) is 0 Å². The molecule has 1 amide bonds. The SMILES string of the molecule is O=C(c1cccnc1)N1CCO[C@H]2[C@H](Oc3ncccc3F)CC[C@@H]21. The summed E-state index contributed by atoms with van der Waals surface area (Å²) in [5.74, 6) is -0.575. The van der Waals surface area contributed by atoms with Crippen LogP contribution in [0.2, 0.25) is 0 Å². The molecule has 2 aromatic heterocycles. The molecule has 1 aliphatic carbocycles. The summed E-state index contributed by atoms with van der Waals surface area (Å²) in [5.41, 5.74) is 0.559. The van der Waals surface area contributed by atoms with Crippen molar-refractivity contribution in [1.82, 2.24) is 14.9 Å². The van der Waals surface area contributed by atoms with Gasteiger partial charge >= 0.3 is 0 Å². The highest BCUT2D eigenvalue weighted by molar-refractivity contribution is 5.94. The van der Waals surface area contributed by atoms with E-state index in [2.05, 4.69) is 9.97 Å².